The number of hydrogen-bond donors (Lipinski definition) is 1. The summed E-state index contributed by atoms with van der Waals surface area (Å²) < 4.78 is 1.76. The quantitative estimate of drug-likeness (QED) is 0.311. The van der Waals surface area contributed by atoms with Crippen LogP contribution in [0.25, 0.3) is 16.9 Å². The first-order valence-electron chi connectivity index (χ1n) is 8.71. The molecule has 0 unspecified atom stereocenters. The molecule has 9 heteroatoms. The Kier molecular flexibility index (Phi) is 5.62. The number of thiazole rings is 1. The topological polar surface area (TPSA) is 68.0 Å². The van der Waals surface area contributed by atoms with E-state index in [9.17, 15) is 0 Å². The number of hydrogen-bond acceptors (Lipinski definition) is 6. The van der Waals surface area contributed by atoms with Gasteiger partial charge in [-0.25, -0.2) is 9.67 Å². The molecule has 6 nitrogen and oxygen atoms in total. The molecule has 0 atom stereocenters. The lowest BCUT2D eigenvalue weighted by Crippen LogP contribution is -2.04. The summed E-state index contributed by atoms with van der Waals surface area (Å²) in [6.45, 7) is 3.83. The number of nitrogens with one attached hydrogen (secondary N) is 1. The van der Waals surface area contributed by atoms with E-state index in [-0.39, 0.29) is 0 Å². The van der Waals surface area contributed by atoms with Gasteiger partial charge in [-0.3, -0.25) is 5.43 Å². The van der Waals surface area contributed by atoms with Crippen LogP contribution in [-0.4, -0.2) is 25.7 Å². The van der Waals surface area contributed by atoms with Crippen LogP contribution in [-0.2, 0) is 0 Å². The van der Waals surface area contributed by atoms with Gasteiger partial charge in [0.1, 0.15) is 5.69 Å². The highest BCUT2D eigenvalue weighted by molar-refractivity contribution is 7.14. The lowest BCUT2D eigenvalue weighted by atomic mass is 10.2. The minimum atomic E-state index is 0.676. The first kappa shape index (κ1) is 19.6. The Balaban J connectivity index is 1.51. The standard InChI is InChI=1S/C20H16Cl2N6S/c1-12(19-13(2)28(27-25-19)17-9-7-16(22)8-10-17)24-26-20-23-18(11-29-20)14-3-5-15(21)6-4-14/h3-11H,1-2H3,(H,23,26)/b24-12+. The van der Waals surface area contributed by atoms with Crippen molar-refractivity contribution in [3.8, 4) is 16.9 Å². The maximum Gasteiger partial charge on any atom is 0.203 e. The van der Waals surface area contributed by atoms with Crippen molar-refractivity contribution >= 4 is 45.4 Å². The van der Waals surface area contributed by atoms with Gasteiger partial charge in [-0.15, -0.1) is 16.4 Å². The van der Waals surface area contributed by atoms with Crippen LogP contribution in [0.4, 0.5) is 5.13 Å². The molecule has 0 bridgehead atoms. The van der Waals surface area contributed by atoms with Gasteiger partial charge in [0.25, 0.3) is 0 Å². The maximum absolute atomic E-state index is 5.96. The molecule has 0 saturated heterocycles. The van der Waals surface area contributed by atoms with Crippen molar-refractivity contribution in [2.24, 2.45) is 5.10 Å². The minimum Gasteiger partial charge on any atom is -0.252 e. The van der Waals surface area contributed by atoms with E-state index in [2.05, 4.69) is 25.8 Å². The highest BCUT2D eigenvalue weighted by Gasteiger charge is 2.13. The number of nitrogens with zero attached hydrogens (tertiary/aromatic N) is 5. The van der Waals surface area contributed by atoms with Gasteiger partial charge in [0.15, 0.2) is 0 Å². The van der Waals surface area contributed by atoms with Crippen molar-refractivity contribution in [1.29, 1.82) is 0 Å². The molecule has 2 aromatic carbocycles. The summed E-state index contributed by atoms with van der Waals surface area (Å²) in [5.74, 6) is 0. The van der Waals surface area contributed by atoms with E-state index in [1.165, 1.54) is 11.3 Å². The lowest BCUT2D eigenvalue weighted by molar-refractivity contribution is 0.785. The van der Waals surface area contributed by atoms with Crippen molar-refractivity contribution in [3.63, 3.8) is 0 Å². The molecule has 146 valence electrons. The van der Waals surface area contributed by atoms with Crippen LogP contribution < -0.4 is 5.43 Å². The summed E-state index contributed by atoms with van der Waals surface area (Å²) in [5, 5.41) is 17.0. The summed E-state index contributed by atoms with van der Waals surface area (Å²) in [4.78, 5) is 4.56. The number of rotatable bonds is 5. The average Bonchev–Trinajstić information content (AvgIpc) is 3.34. The van der Waals surface area contributed by atoms with Gasteiger partial charge in [0.05, 0.1) is 22.8 Å². The second-order valence-corrected chi connectivity index (χ2v) is 8.00. The fourth-order valence-electron chi connectivity index (χ4n) is 2.75. The molecular weight excluding hydrogens is 427 g/mol. The molecule has 0 spiro atoms. The van der Waals surface area contributed by atoms with Crippen molar-refractivity contribution in [2.45, 2.75) is 13.8 Å². The Morgan fingerprint density at radius 3 is 2.38 bits per heavy atom. The molecule has 29 heavy (non-hydrogen) atoms. The van der Waals surface area contributed by atoms with Gasteiger partial charge in [-0.1, -0.05) is 40.5 Å². The van der Waals surface area contributed by atoms with E-state index >= 15 is 0 Å². The van der Waals surface area contributed by atoms with Gasteiger partial charge in [-0.05, 0) is 50.2 Å². The van der Waals surface area contributed by atoms with Gasteiger partial charge < -0.3 is 0 Å². The molecule has 0 aliphatic carbocycles. The van der Waals surface area contributed by atoms with Gasteiger partial charge in [-0.2, -0.15) is 5.10 Å². The van der Waals surface area contributed by atoms with Gasteiger partial charge in [0.2, 0.25) is 5.13 Å². The van der Waals surface area contributed by atoms with Crippen molar-refractivity contribution in [2.75, 3.05) is 5.43 Å². The zero-order valence-corrected chi connectivity index (χ0v) is 17.9. The van der Waals surface area contributed by atoms with Crippen LogP contribution in [0.2, 0.25) is 10.0 Å². The van der Waals surface area contributed by atoms with E-state index in [0.717, 1.165) is 22.6 Å². The van der Waals surface area contributed by atoms with Crippen LogP contribution in [0, 0.1) is 6.92 Å². The van der Waals surface area contributed by atoms with Crippen molar-refractivity contribution < 1.29 is 0 Å². The number of hydrazone groups is 1. The number of anilines is 1. The highest BCUT2D eigenvalue weighted by atomic mass is 35.5. The van der Waals surface area contributed by atoms with Crippen molar-refractivity contribution in [1.82, 2.24) is 20.0 Å². The first-order chi connectivity index (χ1) is 14.0. The van der Waals surface area contributed by atoms with E-state index < -0.39 is 0 Å². The van der Waals surface area contributed by atoms with Crippen LogP contribution in [0.3, 0.4) is 0 Å². The summed E-state index contributed by atoms with van der Waals surface area (Å²) in [6.07, 6.45) is 0. The third kappa shape index (κ3) is 4.32. The lowest BCUT2D eigenvalue weighted by Gasteiger charge is -2.04. The second-order valence-electron chi connectivity index (χ2n) is 6.27. The summed E-state index contributed by atoms with van der Waals surface area (Å²) >= 11 is 13.4. The Morgan fingerprint density at radius 2 is 1.69 bits per heavy atom. The molecule has 0 saturated carbocycles. The molecule has 0 amide bonds. The van der Waals surface area contributed by atoms with E-state index in [1.807, 2.05) is 67.8 Å². The van der Waals surface area contributed by atoms with E-state index in [4.69, 9.17) is 23.2 Å². The molecule has 0 aliphatic rings. The Morgan fingerprint density at radius 1 is 1.03 bits per heavy atom. The zero-order valence-electron chi connectivity index (χ0n) is 15.6. The predicted octanol–water partition coefficient (Wildman–Crippen LogP) is 5.84. The normalized spacial score (nSPS) is 11.7. The molecule has 1 N–H and O–H groups in total. The predicted molar refractivity (Wildman–Crippen MR) is 119 cm³/mol. The minimum absolute atomic E-state index is 0.676. The molecule has 2 heterocycles. The Hall–Kier alpha value is -2.74. The zero-order chi connectivity index (χ0) is 20.4. The largest absolute Gasteiger partial charge is 0.252 e. The average molecular weight is 443 g/mol. The van der Waals surface area contributed by atoms with E-state index in [1.54, 1.807) is 4.68 Å². The SMILES string of the molecule is C/C(=N\Nc1nc(-c2ccc(Cl)cc2)cs1)c1nnn(-c2ccc(Cl)cc2)c1C. The second kappa shape index (κ2) is 8.32. The van der Waals surface area contributed by atoms with Crippen molar-refractivity contribution in [3.05, 3.63) is 75.3 Å². The molecule has 0 aliphatic heterocycles. The van der Waals surface area contributed by atoms with E-state index in [0.29, 0.717) is 26.6 Å². The first-order valence-corrected chi connectivity index (χ1v) is 10.4. The number of aromatic nitrogens is 4. The third-order valence-electron chi connectivity index (χ3n) is 4.27. The van der Waals surface area contributed by atoms with Gasteiger partial charge >= 0.3 is 0 Å². The van der Waals surface area contributed by atoms with Crippen LogP contribution in [0.1, 0.15) is 18.3 Å². The molecular formula is C20H16Cl2N6S. The molecule has 0 fully saturated rings. The molecule has 2 aromatic heterocycles. The summed E-state index contributed by atoms with van der Waals surface area (Å²) in [6, 6.07) is 15.0. The van der Waals surface area contributed by atoms with Crippen LogP contribution >= 0.6 is 34.5 Å². The number of halogens is 2. The summed E-state index contributed by atoms with van der Waals surface area (Å²) in [7, 11) is 0. The summed E-state index contributed by atoms with van der Waals surface area (Å²) in [5.41, 5.74) is 8.07. The molecule has 4 rings (SSSR count). The molecule has 0 radical (unpaired) electrons. The fraction of sp³-hybridized carbons (Fsp3) is 0.100. The van der Waals surface area contributed by atoms with Crippen LogP contribution in [0.15, 0.2) is 59.0 Å². The fourth-order valence-corrected chi connectivity index (χ4v) is 3.67. The van der Waals surface area contributed by atoms with Crippen LogP contribution in [0.5, 0.6) is 0 Å². The Bertz CT molecular complexity index is 1160. The Labute approximate surface area is 181 Å². The highest BCUT2D eigenvalue weighted by Crippen LogP contribution is 2.26. The third-order valence-corrected chi connectivity index (χ3v) is 5.52. The smallest absolute Gasteiger partial charge is 0.203 e. The number of benzene rings is 2. The maximum atomic E-state index is 5.96. The van der Waals surface area contributed by atoms with Gasteiger partial charge in [0, 0.05) is 21.0 Å². The molecule has 4 aromatic rings. The monoisotopic (exact) mass is 442 g/mol.